The molecule has 1 saturated carbocycles. The van der Waals surface area contributed by atoms with Crippen LogP contribution in [-0.2, 0) is 45.4 Å². The van der Waals surface area contributed by atoms with Crippen LogP contribution in [0.15, 0.2) is 87.2 Å². The minimum atomic E-state index is -0.690. The highest BCUT2D eigenvalue weighted by molar-refractivity contribution is 5.71. The van der Waals surface area contributed by atoms with Crippen LogP contribution >= 0.6 is 0 Å². The molecule has 0 radical (unpaired) electrons. The van der Waals surface area contributed by atoms with Gasteiger partial charge in [0.15, 0.2) is 0 Å². The van der Waals surface area contributed by atoms with E-state index in [9.17, 15) is 9.59 Å². The fraction of sp³-hybridized carbons (Fsp3) is 0.474. The average Bonchev–Trinajstić information content (AvgIpc) is 3.94. The van der Waals surface area contributed by atoms with E-state index in [0.717, 1.165) is 48.1 Å². The Bertz CT molecular complexity index is 1890. The molecule has 2 heterocycles. The molecule has 0 bridgehead atoms. The van der Waals surface area contributed by atoms with E-state index in [1.165, 1.54) is 30.9 Å². The van der Waals surface area contributed by atoms with Gasteiger partial charge in [-0.15, -0.1) is 0 Å². The van der Waals surface area contributed by atoms with Crippen molar-refractivity contribution in [1.82, 2.24) is 9.80 Å². The van der Waals surface area contributed by atoms with Crippen LogP contribution in [0.5, 0.6) is 0 Å². The predicted molar refractivity (Wildman–Crippen MR) is 177 cm³/mol. The molecular formula is C38H40N6O4. The number of rotatable bonds is 4. The normalized spacial score (nSPS) is 32.3. The molecule has 6 aliphatic rings. The molecular weight excluding hydrogens is 604 g/mol. The van der Waals surface area contributed by atoms with Crippen LogP contribution in [-0.4, -0.2) is 61.4 Å². The number of fused-ring (bicyclic) bond motifs is 9. The van der Waals surface area contributed by atoms with Crippen LogP contribution < -0.4 is 0 Å². The maximum Gasteiger partial charge on any atom is 0.409 e. The maximum atomic E-state index is 13.1. The van der Waals surface area contributed by atoms with Gasteiger partial charge in [0.1, 0.15) is 16.6 Å². The van der Waals surface area contributed by atoms with Crippen LogP contribution in [0.3, 0.4) is 0 Å². The van der Waals surface area contributed by atoms with Crippen LogP contribution in [0, 0.1) is 5.92 Å². The molecule has 3 aromatic carbocycles. The first kappa shape index (κ1) is 29.5. The van der Waals surface area contributed by atoms with Crippen LogP contribution in [0.4, 0.5) is 15.3 Å². The highest BCUT2D eigenvalue weighted by Crippen LogP contribution is 2.58. The SMILES string of the molecule is COC(=O)N1CC[C@]2(N=Nc3cccc4c3CC3N(C(=O)OC)CC[C@]43N=N[C@@]34CCCC3Cc3ccccc34)c3ccccc3CC12. The van der Waals surface area contributed by atoms with E-state index in [2.05, 4.69) is 42.5 Å². The number of benzene rings is 3. The lowest BCUT2D eigenvalue weighted by atomic mass is 9.86. The summed E-state index contributed by atoms with van der Waals surface area (Å²) in [5.41, 5.74) is 6.26. The van der Waals surface area contributed by atoms with E-state index in [1.807, 2.05) is 29.2 Å². The van der Waals surface area contributed by atoms with Gasteiger partial charge in [-0.3, -0.25) is 0 Å². The van der Waals surface area contributed by atoms with Crippen molar-refractivity contribution < 1.29 is 19.1 Å². The summed E-state index contributed by atoms with van der Waals surface area (Å²) in [7, 11) is 2.87. The Kier molecular flexibility index (Phi) is 6.59. The molecule has 3 fully saturated rings. The standard InChI is InChI=1S/C38H40N6O4/c1-47-34(45)43-19-17-37(29-13-6-4-10-25(29)22-32(37)43)40-39-31-15-7-14-30-27(31)23-33-38(30,18-20-44(33)35(46)48-2)42-41-36-16-8-11-26(36)21-24-9-3-5-12-28(24)36/h3-7,9-10,12-15,26,32-33H,8,11,16-23H2,1-2H3/t26?,32?,33?,36-,37-,38-/m0/s1. The second-order valence-corrected chi connectivity index (χ2v) is 14.4. The molecule has 246 valence electrons. The van der Waals surface area contributed by atoms with Gasteiger partial charge in [0.2, 0.25) is 0 Å². The Morgan fingerprint density at radius 3 is 1.96 bits per heavy atom. The van der Waals surface area contributed by atoms with E-state index in [1.54, 1.807) is 4.90 Å². The molecule has 9 rings (SSSR count). The molecule has 4 aliphatic carbocycles. The monoisotopic (exact) mass is 644 g/mol. The fourth-order valence-electron chi connectivity index (χ4n) is 10.3. The lowest BCUT2D eigenvalue weighted by Gasteiger charge is -2.31. The summed E-state index contributed by atoms with van der Waals surface area (Å²) in [5, 5.41) is 20.9. The summed E-state index contributed by atoms with van der Waals surface area (Å²) >= 11 is 0. The molecule has 10 nitrogen and oxygen atoms in total. The van der Waals surface area contributed by atoms with Crippen molar-refractivity contribution in [2.24, 2.45) is 26.4 Å². The Morgan fingerprint density at radius 2 is 1.25 bits per heavy atom. The lowest BCUT2D eigenvalue weighted by molar-refractivity contribution is 0.112. The van der Waals surface area contributed by atoms with Gasteiger partial charge in [0.05, 0.1) is 32.0 Å². The number of hydrogen-bond donors (Lipinski definition) is 0. The van der Waals surface area contributed by atoms with Crippen molar-refractivity contribution >= 4 is 17.9 Å². The van der Waals surface area contributed by atoms with E-state index >= 15 is 0 Å². The van der Waals surface area contributed by atoms with E-state index in [0.29, 0.717) is 44.7 Å². The van der Waals surface area contributed by atoms with Crippen molar-refractivity contribution in [3.05, 3.63) is 100 Å². The van der Waals surface area contributed by atoms with Crippen molar-refractivity contribution in [2.75, 3.05) is 27.3 Å². The molecule has 3 aromatic rings. The molecule has 48 heavy (non-hydrogen) atoms. The summed E-state index contributed by atoms with van der Waals surface area (Å²) in [4.78, 5) is 29.6. The molecule has 2 saturated heterocycles. The summed E-state index contributed by atoms with van der Waals surface area (Å²) < 4.78 is 10.4. The number of nitrogens with zero attached hydrogens (tertiary/aromatic N) is 6. The van der Waals surface area contributed by atoms with Gasteiger partial charge in [0, 0.05) is 13.1 Å². The van der Waals surface area contributed by atoms with Crippen LogP contribution in [0.2, 0.25) is 0 Å². The maximum absolute atomic E-state index is 13.1. The van der Waals surface area contributed by atoms with Gasteiger partial charge < -0.3 is 19.3 Å². The van der Waals surface area contributed by atoms with Gasteiger partial charge in [-0.1, -0.05) is 67.1 Å². The van der Waals surface area contributed by atoms with E-state index in [4.69, 9.17) is 29.9 Å². The zero-order chi connectivity index (χ0) is 32.7. The summed E-state index contributed by atoms with van der Waals surface area (Å²) in [6.45, 7) is 1.11. The first-order valence-electron chi connectivity index (χ1n) is 17.3. The van der Waals surface area contributed by atoms with E-state index in [-0.39, 0.29) is 29.8 Å². The van der Waals surface area contributed by atoms with Gasteiger partial charge in [-0.25, -0.2) is 9.59 Å². The largest absolute Gasteiger partial charge is 0.453 e. The predicted octanol–water partition coefficient (Wildman–Crippen LogP) is 7.36. The lowest BCUT2D eigenvalue weighted by Crippen LogP contribution is -2.42. The number of azo groups is 2. The number of methoxy groups -OCH3 is 2. The third-order valence-electron chi connectivity index (χ3n) is 12.5. The minimum Gasteiger partial charge on any atom is -0.453 e. The summed E-state index contributed by atoms with van der Waals surface area (Å²) in [6, 6.07) is 22.8. The zero-order valence-electron chi connectivity index (χ0n) is 27.5. The van der Waals surface area contributed by atoms with Crippen LogP contribution in [0.25, 0.3) is 0 Å². The average molecular weight is 645 g/mol. The third-order valence-corrected chi connectivity index (χ3v) is 12.5. The van der Waals surface area contributed by atoms with Crippen molar-refractivity contribution in [2.45, 2.75) is 80.1 Å². The second kappa shape index (κ2) is 10.7. The molecule has 0 spiro atoms. The number of amides is 2. The number of hydrogen-bond acceptors (Lipinski definition) is 8. The molecule has 3 unspecified atom stereocenters. The third kappa shape index (κ3) is 3.91. The number of carbonyl (C=O) groups excluding carboxylic acids is 2. The molecule has 2 aliphatic heterocycles. The Labute approximate surface area is 280 Å². The summed E-state index contributed by atoms with van der Waals surface area (Å²) in [6.07, 6.45) is 6.30. The highest BCUT2D eigenvalue weighted by atomic mass is 16.5. The number of likely N-dealkylation sites (tertiary alicyclic amines) is 2. The molecule has 0 aromatic heterocycles. The smallest absolute Gasteiger partial charge is 0.409 e. The first-order chi connectivity index (χ1) is 23.4. The Morgan fingerprint density at radius 1 is 0.667 bits per heavy atom. The Balaban J connectivity index is 1.13. The topological polar surface area (TPSA) is 109 Å². The van der Waals surface area contributed by atoms with Crippen LogP contribution in [0.1, 0.15) is 65.5 Å². The molecule has 2 amide bonds. The summed E-state index contributed by atoms with van der Waals surface area (Å²) in [5.74, 6) is 0.449. The van der Waals surface area contributed by atoms with Crippen molar-refractivity contribution in [1.29, 1.82) is 0 Å². The van der Waals surface area contributed by atoms with E-state index < -0.39 is 11.1 Å². The Hall–Kier alpha value is -4.60. The number of ether oxygens (including phenoxy) is 2. The second-order valence-electron chi connectivity index (χ2n) is 14.4. The van der Waals surface area contributed by atoms with Gasteiger partial charge in [0.25, 0.3) is 0 Å². The fourth-order valence-corrected chi connectivity index (χ4v) is 10.3. The van der Waals surface area contributed by atoms with Crippen molar-refractivity contribution in [3.8, 4) is 0 Å². The van der Waals surface area contributed by atoms with Crippen molar-refractivity contribution in [3.63, 3.8) is 0 Å². The number of carbonyl (C=O) groups is 2. The molecule has 10 heteroatoms. The minimum absolute atomic E-state index is 0.162. The van der Waals surface area contributed by atoms with Gasteiger partial charge in [-0.05, 0) is 90.3 Å². The van der Waals surface area contributed by atoms with Gasteiger partial charge >= 0.3 is 12.2 Å². The molecule has 0 N–H and O–H groups in total. The zero-order valence-corrected chi connectivity index (χ0v) is 27.5. The molecule has 6 atom stereocenters. The van der Waals surface area contributed by atoms with Gasteiger partial charge in [-0.2, -0.15) is 20.5 Å². The quantitative estimate of drug-likeness (QED) is 0.277. The first-order valence-corrected chi connectivity index (χ1v) is 17.3. The highest BCUT2D eigenvalue weighted by Gasteiger charge is 2.59.